The molecule has 1 fully saturated rings. The van der Waals surface area contributed by atoms with Gasteiger partial charge in [-0.1, -0.05) is 12.1 Å². The Kier molecular flexibility index (Phi) is 6.06. The largest absolute Gasteiger partial charge is 0.371 e. The summed E-state index contributed by atoms with van der Waals surface area (Å²) < 4.78 is 13.6. The van der Waals surface area contributed by atoms with Gasteiger partial charge in [-0.3, -0.25) is 14.7 Å². The summed E-state index contributed by atoms with van der Waals surface area (Å²) in [5, 5.41) is 6.36. The number of carbonyl (C=O) groups excluding carboxylic acids is 1. The molecule has 1 aromatic heterocycles. The fraction of sp³-hybridized carbons (Fsp3) is 0.429. The Morgan fingerprint density at radius 3 is 2.67 bits per heavy atom. The highest BCUT2D eigenvalue weighted by Crippen LogP contribution is 2.29. The number of hydrogen-bond donors (Lipinski definition) is 2. The molecule has 1 aliphatic heterocycles. The van der Waals surface area contributed by atoms with E-state index in [1.165, 1.54) is 12.1 Å². The molecule has 1 amide bonds. The zero-order valence-corrected chi connectivity index (χ0v) is 15.9. The van der Waals surface area contributed by atoms with Crippen molar-refractivity contribution in [2.24, 2.45) is 0 Å². The number of likely N-dealkylation sites (tertiary alicyclic amines) is 1. The fourth-order valence-electron chi connectivity index (χ4n) is 3.49. The van der Waals surface area contributed by atoms with Crippen molar-refractivity contribution in [2.45, 2.75) is 44.8 Å². The van der Waals surface area contributed by atoms with Gasteiger partial charge in [-0.25, -0.2) is 4.39 Å². The van der Waals surface area contributed by atoms with Crippen molar-refractivity contribution >= 4 is 11.6 Å². The maximum Gasteiger partial charge on any atom is 0.245 e. The molecule has 2 N–H and O–H groups in total. The molecule has 0 saturated carbocycles. The van der Waals surface area contributed by atoms with Crippen LogP contribution >= 0.6 is 0 Å². The summed E-state index contributed by atoms with van der Waals surface area (Å²) in [7, 11) is 0. The van der Waals surface area contributed by atoms with Crippen molar-refractivity contribution in [2.75, 3.05) is 18.4 Å². The Labute approximate surface area is 160 Å². The minimum atomic E-state index is -0.733. The summed E-state index contributed by atoms with van der Waals surface area (Å²) in [6, 6.07) is 10.3. The van der Waals surface area contributed by atoms with Gasteiger partial charge in [0.2, 0.25) is 5.91 Å². The zero-order chi connectivity index (χ0) is 19.3. The molecule has 144 valence electrons. The van der Waals surface area contributed by atoms with Gasteiger partial charge >= 0.3 is 0 Å². The first-order chi connectivity index (χ1) is 13.0. The average molecular weight is 370 g/mol. The standard InChI is InChI=1S/C21H27FN4O/c1-16(2)24-20(27)21(25-19-7-3-6-18(22)13-19)8-11-26(12-9-21)15-17-5-4-10-23-14-17/h3-7,10,13-14,16,25H,8-9,11-12,15H2,1-2H3,(H,24,27). The van der Waals surface area contributed by atoms with Crippen molar-refractivity contribution in [1.82, 2.24) is 15.2 Å². The number of rotatable bonds is 6. The van der Waals surface area contributed by atoms with Gasteiger partial charge in [-0.15, -0.1) is 0 Å². The molecule has 0 spiro atoms. The molecule has 27 heavy (non-hydrogen) atoms. The van der Waals surface area contributed by atoms with Gasteiger partial charge in [-0.2, -0.15) is 0 Å². The van der Waals surface area contributed by atoms with Gasteiger partial charge in [0.25, 0.3) is 0 Å². The number of benzene rings is 1. The normalized spacial score (nSPS) is 16.9. The maximum absolute atomic E-state index is 13.6. The first-order valence-electron chi connectivity index (χ1n) is 9.43. The van der Waals surface area contributed by atoms with E-state index in [0.29, 0.717) is 18.5 Å². The van der Waals surface area contributed by atoms with Gasteiger partial charge in [-0.05, 0) is 56.5 Å². The lowest BCUT2D eigenvalue weighted by atomic mass is 9.85. The van der Waals surface area contributed by atoms with Crippen molar-refractivity contribution < 1.29 is 9.18 Å². The Morgan fingerprint density at radius 1 is 1.26 bits per heavy atom. The molecule has 1 saturated heterocycles. The lowest BCUT2D eigenvalue weighted by molar-refractivity contribution is -0.127. The van der Waals surface area contributed by atoms with E-state index in [0.717, 1.165) is 25.2 Å². The molecule has 2 aromatic rings. The van der Waals surface area contributed by atoms with Crippen LogP contribution in [-0.4, -0.2) is 40.5 Å². The Morgan fingerprint density at radius 2 is 2.04 bits per heavy atom. The number of carbonyl (C=O) groups is 1. The molecule has 2 heterocycles. The minimum absolute atomic E-state index is 0.0252. The van der Waals surface area contributed by atoms with Gasteiger partial charge < -0.3 is 10.6 Å². The average Bonchev–Trinajstić information content (AvgIpc) is 2.64. The van der Waals surface area contributed by atoms with Crippen molar-refractivity contribution in [1.29, 1.82) is 0 Å². The maximum atomic E-state index is 13.6. The van der Waals surface area contributed by atoms with E-state index in [9.17, 15) is 9.18 Å². The van der Waals surface area contributed by atoms with Gasteiger partial charge in [0.1, 0.15) is 11.4 Å². The number of pyridine rings is 1. The van der Waals surface area contributed by atoms with E-state index in [2.05, 4.69) is 26.6 Å². The molecular formula is C21H27FN4O. The van der Waals surface area contributed by atoms with Crippen LogP contribution in [0.25, 0.3) is 0 Å². The molecule has 0 unspecified atom stereocenters. The van der Waals surface area contributed by atoms with Crippen LogP contribution in [0, 0.1) is 5.82 Å². The first kappa shape index (κ1) is 19.3. The summed E-state index contributed by atoms with van der Waals surface area (Å²) in [5.74, 6) is -0.337. The van der Waals surface area contributed by atoms with Crippen LogP contribution in [0.3, 0.4) is 0 Å². The first-order valence-corrected chi connectivity index (χ1v) is 9.43. The zero-order valence-electron chi connectivity index (χ0n) is 15.9. The van der Waals surface area contributed by atoms with Gasteiger partial charge in [0.15, 0.2) is 0 Å². The second-order valence-electron chi connectivity index (χ2n) is 7.48. The number of anilines is 1. The minimum Gasteiger partial charge on any atom is -0.371 e. The van der Waals surface area contributed by atoms with Crippen molar-refractivity contribution in [3.05, 3.63) is 60.2 Å². The number of hydrogen-bond acceptors (Lipinski definition) is 4. The van der Waals surface area contributed by atoms with Crippen LogP contribution in [0.2, 0.25) is 0 Å². The number of halogens is 1. The van der Waals surface area contributed by atoms with E-state index >= 15 is 0 Å². The molecule has 6 heteroatoms. The summed E-state index contributed by atoms with van der Waals surface area (Å²) in [5.41, 5.74) is 1.06. The lowest BCUT2D eigenvalue weighted by Crippen LogP contribution is -2.59. The molecule has 0 bridgehead atoms. The number of aromatic nitrogens is 1. The number of nitrogens with zero attached hydrogens (tertiary/aromatic N) is 2. The van der Waals surface area contributed by atoms with E-state index in [-0.39, 0.29) is 17.8 Å². The monoisotopic (exact) mass is 370 g/mol. The highest BCUT2D eigenvalue weighted by Gasteiger charge is 2.41. The second-order valence-corrected chi connectivity index (χ2v) is 7.48. The molecule has 0 atom stereocenters. The third-order valence-corrected chi connectivity index (χ3v) is 4.90. The van der Waals surface area contributed by atoms with Crippen LogP contribution in [-0.2, 0) is 11.3 Å². The SMILES string of the molecule is CC(C)NC(=O)C1(Nc2cccc(F)c2)CCN(Cc2cccnc2)CC1. The van der Waals surface area contributed by atoms with E-state index in [1.807, 2.05) is 26.1 Å². The van der Waals surface area contributed by atoms with Gasteiger partial charge in [0, 0.05) is 43.8 Å². The van der Waals surface area contributed by atoms with Crippen molar-refractivity contribution in [3.8, 4) is 0 Å². The van der Waals surface area contributed by atoms with Gasteiger partial charge in [0.05, 0.1) is 0 Å². The quantitative estimate of drug-likeness (QED) is 0.820. The molecular weight excluding hydrogens is 343 g/mol. The molecule has 1 aliphatic rings. The van der Waals surface area contributed by atoms with Crippen LogP contribution in [0.5, 0.6) is 0 Å². The number of amides is 1. The summed E-state index contributed by atoms with van der Waals surface area (Å²) in [6.07, 6.45) is 4.95. The number of piperidine rings is 1. The summed E-state index contributed by atoms with van der Waals surface area (Å²) in [4.78, 5) is 19.5. The van der Waals surface area contributed by atoms with Crippen LogP contribution in [0.15, 0.2) is 48.8 Å². The third-order valence-electron chi connectivity index (χ3n) is 4.90. The highest BCUT2D eigenvalue weighted by atomic mass is 19.1. The fourth-order valence-corrected chi connectivity index (χ4v) is 3.49. The topological polar surface area (TPSA) is 57.3 Å². The van der Waals surface area contributed by atoms with Crippen molar-refractivity contribution in [3.63, 3.8) is 0 Å². The molecule has 5 nitrogen and oxygen atoms in total. The van der Waals surface area contributed by atoms with E-state index < -0.39 is 5.54 Å². The predicted molar refractivity (Wildman–Crippen MR) is 105 cm³/mol. The predicted octanol–water partition coefficient (Wildman–Crippen LogP) is 3.19. The Hall–Kier alpha value is -2.47. The third kappa shape index (κ3) is 5.04. The summed E-state index contributed by atoms with van der Waals surface area (Å²) >= 11 is 0. The molecule has 3 rings (SSSR count). The van der Waals surface area contributed by atoms with E-state index in [4.69, 9.17) is 0 Å². The lowest BCUT2D eigenvalue weighted by Gasteiger charge is -2.42. The van der Waals surface area contributed by atoms with Crippen LogP contribution in [0.1, 0.15) is 32.3 Å². The van der Waals surface area contributed by atoms with Crippen LogP contribution < -0.4 is 10.6 Å². The second kappa shape index (κ2) is 8.48. The number of nitrogens with one attached hydrogen (secondary N) is 2. The highest BCUT2D eigenvalue weighted by molar-refractivity contribution is 5.89. The Bertz CT molecular complexity index is 758. The smallest absolute Gasteiger partial charge is 0.245 e. The molecule has 0 aliphatic carbocycles. The van der Waals surface area contributed by atoms with E-state index in [1.54, 1.807) is 18.3 Å². The Balaban J connectivity index is 1.73. The molecule has 0 radical (unpaired) electrons. The molecule has 1 aromatic carbocycles. The summed E-state index contributed by atoms with van der Waals surface area (Å²) in [6.45, 7) is 6.28. The van der Waals surface area contributed by atoms with Crippen LogP contribution in [0.4, 0.5) is 10.1 Å².